The van der Waals surface area contributed by atoms with Crippen LogP contribution in [-0.4, -0.2) is 29.0 Å². The van der Waals surface area contributed by atoms with Crippen LogP contribution in [-0.2, 0) is 4.79 Å². The first-order chi connectivity index (χ1) is 13.8. The van der Waals surface area contributed by atoms with E-state index in [1.807, 2.05) is 20.8 Å². The summed E-state index contributed by atoms with van der Waals surface area (Å²) in [4.78, 5) is 24.2. The molecule has 1 fully saturated rings. The number of carbonyl (C=O) groups excluding carboxylic acids is 1. The summed E-state index contributed by atoms with van der Waals surface area (Å²) in [6.45, 7) is 8.97. The Morgan fingerprint density at radius 2 is 2.03 bits per heavy atom. The minimum atomic E-state index is -0.307. The molecule has 0 spiro atoms. The van der Waals surface area contributed by atoms with E-state index in [0.717, 1.165) is 41.9 Å². The fourth-order valence-corrected chi connectivity index (χ4v) is 3.95. The van der Waals surface area contributed by atoms with E-state index < -0.39 is 0 Å². The number of aryl methyl sites for hydroxylation is 4. The van der Waals surface area contributed by atoms with E-state index in [1.54, 1.807) is 13.0 Å². The molecule has 1 aromatic carbocycles. The number of benzene rings is 1. The third kappa shape index (κ3) is 3.69. The van der Waals surface area contributed by atoms with E-state index in [1.165, 1.54) is 12.1 Å². The predicted molar refractivity (Wildman–Crippen MR) is 111 cm³/mol. The monoisotopic (exact) mass is 396 g/mol. The summed E-state index contributed by atoms with van der Waals surface area (Å²) in [5.41, 5.74) is 2.98. The van der Waals surface area contributed by atoms with E-state index >= 15 is 0 Å². The Labute approximate surface area is 169 Å². The Morgan fingerprint density at radius 3 is 2.79 bits per heavy atom. The molecule has 3 heterocycles. The number of rotatable bonds is 3. The van der Waals surface area contributed by atoms with Crippen LogP contribution < -0.4 is 10.2 Å². The summed E-state index contributed by atoms with van der Waals surface area (Å²) in [6.07, 6.45) is 1.69. The first kappa shape index (κ1) is 19.4. The van der Waals surface area contributed by atoms with Crippen LogP contribution in [0.5, 0.6) is 0 Å². The Morgan fingerprint density at radius 1 is 1.24 bits per heavy atom. The van der Waals surface area contributed by atoms with Gasteiger partial charge in [-0.15, -0.1) is 0 Å². The number of hydrogen-bond donors (Lipinski definition) is 1. The van der Waals surface area contributed by atoms with Gasteiger partial charge in [0.15, 0.2) is 0 Å². The molecular formula is C22H25FN4O2. The second kappa shape index (κ2) is 7.46. The van der Waals surface area contributed by atoms with Crippen molar-refractivity contribution >= 4 is 28.5 Å². The van der Waals surface area contributed by atoms with Crippen LogP contribution in [0.1, 0.15) is 35.6 Å². The van der Waals surface area contributed by atoms with Crippen LogP contribution in [0, 0.1) is 39.4 Å². The molecule has 152 valence electrons. The SMILES string of the molecule is Cc1nc(N2CCC[C@@H](C(=O)Nc3ccc(F)cc3C)C2)c2c(C)c(C)oc2n1. The number of fused-ring (bicyclic) bond motifs is 1. The lowest BCUT2D eigenvalue weighted by Gasteiger charge is -2.33. The summed E-state index contributed by atoms with van der Waals surface area (Å²) in [6, 6.07) is 4.39. The Bertz CT molecular complexity index is 1090. The zero-order valence-corrected chi connectivity index (χ0v) is 17.2. The molecule has 2 aromatic heterocycles. The fourth-order valence-electron chi connectivity index (χ4n) is 3.95. The number of carbonyl (C=O) groups is 1. The number of piperidine rings is 1. The first-order valence-corrected chi connectivity index (χ1v) is 9.90. The smallest absolute Gasteiger partial charge is 0.231 e. The van der Waals surface area contributed by atoms with Gasteiger partial charge in [0, 0.05) is 24.3 Å². The summed E-state index contributed by atoms with van der Waals surface area (Å²) in [5.74, 6) is 1.78. The van der Waals surface area contributed by atoms with Crippen LogP contribution in [0.3, 0.4) is 0 Å². The molecule has 0 bridgehead atoms. The molecular weight excluding hydrogens is 371 g/mol. The Balaban J connectivity index is 1.59. The number of hydrogen-bond acceptors (Lipinski definition) is 5. The van der Waals surface area contributed by atoms with Gasteiger partial charge in [-0.3, -0.25) is 4.79 Å². The molecule has 0 radical (unpaired) electrons. The largest absolute Gasteiger partial charge is 0.443 e. The summed E-state index contributed by atoms with van der Waals surface area (Å²) >= 11 is 0. The highest BCUT2D eigenvalue weighted by molar-refractivity contribution is 5.94. The average molecular weight is 396 g/mol. The van der Waals surface area contributed by atoms with Crippen molar-refractivity contribution in [1.82, 2.24) is 9.97 Å². The summed E-state index contributed by atoms with van der Waals surface area (Å²) in [7, 11) is 0. The molecule has 7 heteroatoms. The standard InChI is InChI=1S/C22H25FN4O2/c1-12-10-17(23)7-8-18(12)26-21(28)16-6-5-9-27(11-16)20-19-13(2)14(3)29-22(19)25-15(4)24-20/h7-8,10,16H,5-6,9,11H2,1-4H3,(H,26,28)/t16-/m1/s1. The van der Waals surface area contributed by atoms with Gasteiger partial charge in [0.1, 0.15) is 23.2 Å². The first-order valence-electron chi connectivity index (χ1n) is 9.90. The molecule has 6 nitrogen and oxygen atoms in total. The third-order valence-corrected chi connectivity index (χ3v) is 5.66. The van der Waals surface area contributed by atoms with Gasteiger partial charge in [-0.2, -0.15) is 4.98 Å². The lowest BCUT2D eigenvalue weighted by Crippen LogP contribution is -2.41. The molecule has 1 saturated heterocycles. The average Bonchev–Trinajstić information content (AvgIpc) is 2.97. The molecule has 1 aliphatic rings. The number of halogens is 1. The van der Waals surface area contributed by atoms with Gasteiger partial charge >= 0.3 is 0 Å². The zero-order valence-electron chi connectivity index (χ0n) is 17.2. The maximum atomic E-state index is 13.3. The van der Waals surface area contributed by atoms with E-state index in [9.17, 15) is 9.18 Å². The minimum absolute atomic E-state index is 0.0495. The van der Waals surface area contributed by atoms with Gasteiger partial charge in [0.05, 0.1) is 11.3 Å². The maximum Gasteiger partial charge on any atom is 0.231 e. The third-order valence-electron chi connectivity index (χ3n) is 5.66. The van der Waals surface area contributed by atoms with Gasteiger partial charge in [0.25, 0.3) is 0 Å². The Hall–Kier alpha value is -2.96. The lowest BCUT2D eigenvalue weighted by molar-refractivity contribution is -0.120. The van der Waals surface area contributed by atoms with E-state index in [4.69, 9.17) is 4.42 Å². The van der Waals surface area contributed by atoms with Crippen LogP contribution in [0.25, 0.3) is 11.1 Å². The number of furan rings is 1. The number of amides is 1. The second-order valence-corrected chi connectivity index (χ2v) is 7.79. The normalized spacial score (nSPS) is 17.0. The van der Waals surface area contributed by atoms with Gasteiger partial charge in [-0.25, -0.2) is 9.37 Å². The molecule has 0 saturated carbocycles. The predicted octanol–water partition coefficient (Wildman–Crippen LogP) is 4.45. The van der Waals surface area contributed by atoms with Crippen molar-refractivity contribution in [3.8, 4) is 0 Å². The van der Waals surface area contributed by atoms with Crippen molar-refractivity contribution in [3.63, 3.8) is 0 Å². The zero-order chi connectivity index (χ0) is 20.7. The number of aromatic nitrogens is 2. The van der Waals surface area contributed by atoms with Crippen molar-refractivity contribution in [1.29, 1.82) is 0 Å². The topological polar surface area (TPSA) is 71.3 Å². The molecule has 1 atom stereocenters. The van der Waals surface area contributed by atoms with E-state index in [-0.39, 0.29) is 17.6 Å². The number of nitrogens with one attached hydrogen (secondary N) is 1. The van der Waals surface area contributed by atoms with E-state index in [2.05, 4.69) is 20.2 Å². The Kier molecular flexibility index (Phi) is 4.98. The van der Waals surface area contributed by atoms with Gasteiger partial charge in [-0.1, -0.05) is 0 Å². The molecule has 1 N–H and O–H groups in total. The lowest BCUT2D eigenvalue weighted by atomic mass is 9.96. The van der Waals surface area contributed by atoms with Crippen LogP contribution in [0.2, 0.25) is 0 Å². The van der Waals surface area contributed by atoms with Crippen LogP contribution >= 0.6 is 0 Å². The van der Waals surface area contributed by atoms with Gasteiger partial charge in [-0.05, 0) is 64.3 Å². The van der Waals surface area contributed by atoms with Crippen molar-refractivity contribution in [3.05, 3.63) is 46.7 Å². The quantitative estimate of drug-likeness (QED) is 0.708. The number of nitrogens with zero attached hydrogens (tertiary/aromatic N) is 3. The van der Waals surface area contributed by atoms with Crippen molar-refractivity contribution in [2.75, 3.05) is 23.3 Å². The van der Waals surface area contributed by atoms with Crippen molar-refractivity contribution in [2.24, 2.45) is 5.92 Å². The molecule has 4 rings (SSSR count). The molecule has 3 aromatic rings. The highest BCUT2D eigenvalue weighted by Crippen LogP contribution is 2.33. The second-order valence-electron chi connectivity index (χ2n) is 7.79. The summed E-state index contributed by atoms with van der Waals surface area (Å²) in [5, 5.41) is 3.88. The van der Waals surface area contributed by atoms with Crippen LogP contribution in [0.15, 0.2) is 22.6 Å². The summed E-state index contributed by atoms with van der Waals surface area (Å²) < 4.78 is 19.1. The molecule has 1 aliphatic heterocycles. The van der Waals surface area contributed by atoms with Gasteiger partial charge < -0.3 is 14.6 Å². The fraction of sp³-hybridized carbons (Fsp3) is 0.409. The molecule has 0 unspecified atom stereocenters. The van der Waals surface area contributed by atoms with Crippen molar-refractivity contribution < 1.29 is 13.6 Å². The molecule has 29 heavy (non-hydrogen) atoms. The minimum Gasteiger partial charge on any atom is -0.443 e. The molecule has 1 amide bonds. The molecule has 0 aliphatic carbocycles. The van der Waals surface area contributed by atoms with Crippen molar-refractivity contribution in [2.45, 2.75) is 40.5 Å². The maximum absolute atomic E-state index is 13.3. The highest BCUT2D eigenvalue weighted by atomic mass is 19.1. The van der Waals surface area contributed by atoms with Gasteiger partial charge in [0.2, 0.25) is 11.6 Å². The van der Waals surface area contributed by atoms with Crippen LogP contribution in [0.4, 0.5) is 15.9 Å². The van der Waals surface area contributed by atoms with E-state index in [0.29, 0.717) is 29.3 Å². The highest BCUT2D eigenvalue weighted by Gasteiger charge is 2.29. The number of anilines is 2.